The average molecular weight is 428 g/mol. The molecule has 2 aromatic carbocycles. The maximum atomic E-state index is 6.26. The first-order chi connectivity index (χ1) is 15.2. The van der Waals surface area contributed by atoms with Crippen molar-refractivity contribution in [2.24, 2.45) is 0 Å². The molecule has 1 aliphatic carbocycles. The maximum absolute atomic E-state index is 6.26. The van der Waals surface area contributed by atoms with Crippen molar-refractivity contribution in [2.75, 3.05) is 11.9 Å². The lowest BCUT2D eigenvalue weighted by Crippen LogP contribution is -2.13. The molecule has 0 bridgehead atoms. The van der Waals surface area contributed by atoms with Gasteiger partial charge >= 0.3 is 0 Å². The Balaban J connectivity index is 1.43. The number of hydrogen-bond acceptors (Lipinski definition) is 6. The molecule has 0 atom stereocenters. The highest BCUT2D eigenvalue weighted by Crippen LogP contribution is 2.39. The highest BCUT2D eigenvalue weighted by Gasteiger charge is 2.25. The van der Waals surface area contributed by atoms with Gasteiger partial charge in [-0.05, 0) is 43.2 Å². The topological polar surface area (TPSA) is 72.1 Å². The Morgan fingerprint density at radius 1 is 1.06 bits per heavy atom. The van der Waals surface area contributed by atoms with Crippen LogP contribution in [0.1, 0.15) is 24.5 Å². The molecule has 0 unspecified atom stereocenters. The van der Waals surface area contributed by atoms with Gasteiger partial charge in [0.1, 0.15) is 12.1 Å². The molecule has 0 saturated heterocycles. The summed E-state index contributed by atoms with van der Waals surface area (Å²) in [5.41, 5.74) is 4.85. The van der Waals surface area contributed by atoms with Gasteiger partial charge in [0.25, 0.3) is 5.78 Å². The van der Waals surface area contributed by atoms with Crippen LogP contribution in [0.2, 0.25) is 5.02 Å². The van der Waals surface area contributed by atoms with Crippen LogP contribution in [0, 0.1) is 0 Å². The largest absolute Gasteiger partial charge is 0.329 e. The number of anilines is 2. The predicted octanol–water partition coefficient (Wildman–Crippen LogP) is 5.03. The molecule has 6 rings (SSSR count). The van der Waals surface area contributed by atoms with Crippen molar-refractivity contribution in [1.29, 1.82) is 0 Å². The molecule has 0 radical (unpaired) electrons. The second kappa shape index (κ2) is 6.99. The highest BCUT2D eigenvalue weighted by molar-refractivity contribution is 6.31. The van der Waals surface area contributed by atoms with Crippen molar-refractivity contribution in [3.63, 3.8) is 0 Å². The smallest absolute Gasteiger partial charge is 0.257 e. The first kappa shape index (κ1) is 18.2. The lowest BCUT2D eigenvalue weighted by atomic mass is 10.1. The van der Waals surface area contributed by atoms with Crippen LogP contribution in [0.25, 0.3) is 27.9 Å². The first-order valence-corrected chi connectivity index (χ1v) is 10.5. The Hall–Kier alpha value is -3.58. The Kier molecular flexibility index (Phi) is 4.11. The predicted molar refractivity (Wildman–Crippen MR) is 121 cm³/mol. The molecule has 0 spiro atoms. The maximum Gasteiger partial charge on any atom is 0.257 e. The quantitative estimate of drug-likeness (QED) is 0.400. The summed E-state index contributed by atoms with van der Waals surface area (Å²) in [7, 11) is 1.99. The van der Waals surface area contributed by atoms with E-state index in [-0.39, 0.29) is 0 Å². The van der Waals surface area contributed by atoms with Crippen LogP contribution >= 0.6 is 11.6 Å². The van der Waals surface area contributed by atoms with Gasteiger partial charge in [0.05, 0.1) is 23.1 Å². The second-order valence-electron chi connectivity index (χ2n) is 7.81. The molecule has 1 saturated carbocycles. The van der Waals surface area contributed by atoms with Crippen LogP contribution in [-0.4, -0.2) is 36.6 Å². The molecule has 152 valence electrons. The van der Waals surface area contributed by atoms with Crippen molar-refractivity contribution in [3.8, 4) is 11.3 Å². The van der Waals surface area contributed by atoms with Crippen LogP contribution in [0.15, 0.2) is 61.2 Å². The first-order valence-electron chi connectivity index (χ1n) is 10.1. The van der Waals surface area contributed by atoms with Gasteiger partial charge in [0.2, 0.25) is 0 Å². The van der Waals surface area contributed by atoms with E-state index in [9.17, 15) is 0 Å². The molecule has 8 heteroatoms. The van der Waals surface area contributed by atoms with E-state index in [1.807, 2.05) is 65.1 Å². The summed E-state index contributed by atoms with van der Waals surface area (Å²) in [6, 6.07) is 14.0. The summed E-state index contributed by atoms with van der Waals surface area (Å²) in [5.74, 6) is 1.90. The van der Waals surface area contributed by atoms with E-state index in [4.69, 9.17) is 16.6 Å². The molecule has 0 aliphatic heterocycles. The Bertz CT molecular complexity index is 1420. The standard InChI is InChI=1S/C23H18ClN7/c1-30(22-18-8-7-16(24)10-21(18)31-13-27-29-23(31)28-22)17-4-2-3-15(9-17)20-12-25-19(11-26-20)14-5-6-14/h2-4,7-14H,5-6H2,1H3. The summed E-state index contributed by atoms with van der Waals surface area (Å²) >= 11 is 6.26. The zero-order valence-corrected chi connectivity index (χ0v) is 17.5. The minimum atomic E-state index is 0.523. The van der Waals surface area contributed by atoms with Crippen molar-refractivity contribution in [3.05, 3.63) is 71.9 Å². The zero-order valence-electron chi connectivity index (χ0n) is 16.8. The monoisotopic (exact) mass is 427 g/mol. The molecule has 3 heterocycles. The summed E-state index contributed by atoms with van der Waals surface area (Å²) in [6.45, 7) is 0. The summed E-state index contributed by atoms with van der Waals surface area (Å²) in [5, 5.41) is 9.75. The van der Waals surface area contributed by atoms with Crippen molar-refractivity contribution >= 4 is 39.8 Å². The molecule has 0 N–H and O–H groups in total. The van der Waals surface area contributed by atoms with Gasteiger partial charge in [-0.25, -0.2) is 0 Å². The minimum absolute atomic E-state index is 0.523. The Morgan fingerprint density at radius 2 is 1.97 bits per heavy atom. The summed E-state index contributed by atoms with van der Waals surface area (Å²) < 4.78 is 1.84. The van der Waals surface area contributed by atoms with Gasteiger partial charge in [-0.2, -0.15) is 4.98 Å². The highest BCUT2D eigenvalue weighted by atomic mass is 35.5. The number of fused-ring (bicyclic) bond motifs is 3. The van der Waals surface area contributed by atoms with Crippen LogP contribution < -0.4 is 4.90 Å². The molecule has 1 aliphatic rings. The van der Waals surface area contributed by atoms with Crippen molar-refractivity contribution in [2.45, 2.75) is 18.8 Å². The second-order valence-corrected chi connectivity index (χ2v) is 8.24. The van der Waals surface area contributed by atoms with Gasteiger partial charge in [-0.1, -0.05) is 23.7 Å². The molecule has 0 amide bonds. The van der Waals surface area contributed by atoms with E-state index in [1.165, 1.54) is 12.8 Å². The van der Waals surface area contributed by atoms with Crippen LogP contribution in [-0.2, 0) is 0 Å². The fourth-order valence-electron chi connectivity index (χ4n) is 3.85. The fraction of sp³-hybridized carbons (Fsp3) is 0.174. The average Bonchev–Trinajstić information content (AvgIpc) is 3.55. The Labute approximate surface area is 183 Å². The Morgan fingerprint density at radius 3 is 2.77 bits per heavy atom. The zero-order chi connectivity index (χ0) is 20.9. The number of nitrogens with zero attached hydrogens (tertiary/aromatic N) is 7. The van der Waals surface area contributed by atoms with E-state index in [2.05, 4.69) is 26.2 Å². The molecule has 31 heavy (non-hydrogen) atoms. The normalized spacial score (nSPS) is 13.7. The van der Waals surface area contributed by atoms with Crippen LogP contribution in [0.3, 0.4) is 0 Å². The summed E-state index contributed by atoms with van der Waals surface area (Å²) in [4.78, 5) is 16.0. The minimum Gasteiger partial charge on any atom is -0.329 e. The molecule has 7 nitrogen and oxygen atoms in total. The van der Waals surface area contributed by atoms with Crippen molar-refractivity contribution in [1.82, 2.24) is 29.5 Å². The van der Waals surface area contributed by atoms with Gasteiger partial charge in [-0.3, -0.25) is 14.4 Å². The lowest BCUT2D eigenvalue weighted by molar-refractivity contribution is 0.991. The lowest BCUT2D eigenvalue weighted by Gasteiger charge is -2.21. The van der Waals surface area contributed by atoms with Gasteiger partial charge in [-0.15, -0.1) is 10.2 Å². The molecular weight excluding hydrogens is 410 g/mol. The van der Waals surface area contributed by atoms with Crippen LogP contribution in [0.4, 0.5) is 11.5 Å². The molecule has 1 fully saturated rings. The van der Waals surface area contributed by atoms with E-state index < -0.39 is 0 Å². The third-order valence-electron chi connectivity index (χ3n) is 5.71. The van der Waals surface area contributed by atoms with E-state index >= 15 is 0 Å². The summed E-state index contributed by atoms with van der Waals surface area (Å²) in [6.07, 6.45) is 7.86. The van der Waals surface area contributed by atoms with Gasteiger partial charge in [0.15, 0.2) is 0 Å². The van der Waals surface area contributed by atoms with E-state index in [1.54, 1.807) is 6.33 Å². The number of halogens is 1. The van der Waals surface area contributed by atoms with Crippen molar-refractivity contribution < 1.29 is 0 Å². The molecule has 5 aromatic rings. The SMILES string of the molecule is CN(c1cccc(-c2cnc(C3CC3)cn2)c1)c1nc2nncn2c2cc(Cl)ccc12. The van der Waals surface area contributed by atoms with Gasteiger partial charge in [0, 0.05) is 40.8 Å². The number of benzene rings is 2. The molecule has 3 aromatic heterocycles. The fourth-order valence-corrected chi connectivity index (χ4v) is 4.02. The number of hydrogen-bond donors (Lipinski definition) is 0. The number of aromatic nitrogens is 6. The van der Waals surface area contributed by atoms with E-state index in [0.29, 0.717) is 16.7 Å². The third-order valence-corrected chi connectivity index (χ3v) is 5.95. The third kappa shape index (κ3) is 3.18. The van der Waals surface area contributed by atoms with Gasteiger partial charge < -0.3 is 4.90 Å². The van der Waals surface area contributed by atoms with Crippen LogP contribution in [0.5, 0.6) is 0 Å². The number of rotatable bonds is 4. The molecular formula is C23H18ClN7. The van der Waals surface area contributed by atoms with E-state index in [0.717, 1.165) is 39.4 Å².